The zero-order chi connectivity index (χ0) is 30.0. The standard InChI is InChI=1S/C26H32N8O6S2/c1-26(2,3)40-25(39)27-11-15-7-5-4-6-14(15)10-18(35)28-20-22(36)33-21(24(37)38)16(13-42-23(20)33)12-41-19-9-8-17-29-31-32-34(17)30-19/h8-9,20,23H,4-7,10-13H2,1-3H3,(H,27,39)(H,28,35)(H,37,38)/t20?,23-/m0/s1. The number of tetrazole rings is 1. The summed E-state index contributed by atoms with van der Waals surface area (Å²) in [5, 5.41) is 31.1. The van der Waals surface area contributed by atoms with Crippen molar-refractivity contribution in [3.63, 3.8) is 0 Å². The molecule has 0 saturated carbocycles. The van der Waals surface area contributed by atoms with E-state index in [0.29, 0.717) is 34.3 Å². The van der Waals surface area contributed by atoms with Gasteiger partial charge in [-0.2, -0.15) is 0 Å². The minimum Gasteiger partial charge on any atom is -0.477 e. The molecule has 16 heteroatoms. The van der Waals surface area contributed by atoms with Gasteiger partial charge in [0.1, 0.15) is 27.7 Å². The summed E-state index contributed by atoms with van der Waals surface area (Å²) in [6, 6.07) is 2.66. The largest absolute Gasteiger partial charge is 0.477 e. The number of rotatable bonds is 9. The second-order valence-corrected chi connectivity index (χ2v) is 13.2. The molecule has 3 aliphatic rings. The fourth-order valence-electron chi connectivity index (χ4n) is 5.03. The van der Waals surface area contributed by atoms with Crippen LogP contribution >= 0.6 is 23.5 Å². The van der Waals surface area contributed by atoms with Gasteiger partial charge < -0.3 is 20.5 Å². The number of carbonyl (C=O) groups is 4. The van der Waals surface area contributed by atoms with E-state index in [0.717, 1.165) is 36.8 Å². The van der Waals surface area contributed by atoms with Crippen LogP contribution in [0.2, 0.25) is 0 Å². The van der Waals surface area contributed by atoms with Crippen LogP contribution < -0.4 is 10.6 Å². The highest BCUT2D eigenvalue weighted by atomic mass is 32.2. The van der Waals surface area contributed by atoms with Crippen molar-refractivity contribution in [1.29, 1.82) is 0 Å². The second kappa shape index (κ2) is 12.3. The highest BCUT2D eigenvalue weighted by Crippen LogP contribution is 2.41. The lowest BCUT2D eigenvalue weighted by Crippen LogP contribution is -2.70. The number of nitrogens with zero attached hydrogens (tertiary/aromatic N) is 6. The molecule has 3 amide bonds. The van der Waals surface area contributed by atoms with E-state index >= 15 is 0 Å². The van der Waals surface area contributed by atoms with Gasteiger partial charge in [0.2, 0.25) is 5.91 Å². The van der Waals surface area contributed by atoms with Crippen LogP contribution in [0.15, 0.2) is 39.6 Å². The first-order chi connectivity index (χ1) is 20.0. The van der Waals surface area contributed by atoms with Gasteiger partial charge in [0.05, 0.1) is 0 Å². The van der Waals surface area contributed by atoms with Crippen LogP contribution in [0.1, 0.15) is 52.9 Å². The molecule has 2 atom stereocenters. The fraction of sp³-hybridized carbons (Fsp3) is 0.538. The molecule has 5 rings (SSSR count). The number of carbonyl (C=O) groups excluding carboxylic acids is 3. The Balaban J connectivity index is 1.20. The quantitative estimate of drug-likeness (QED) is 0.212. The number of carboxylic acid groups (broad SMARTS) is 1. The number of aromatic nitrogens is 5. The van der Waals surface area contributed by atoms with Gasteiger partial charge >= 0.3 is 12.1 Å². The predicted octanol–water partition coefficient (Wildman–Crippen LogP) is 2.14. The molecular weight excluding hydrogens is 584 g/mol. The topological polar surface area (TPSA) is 181 Å². The summed E-state index contributed by atoms with van der Waals surface area (Å²) >= 11 is 2.75. The van der Waals surface area contributed by atoms with Crippen LogP contribution in [0.3, 0.4) is 0 Å². The van der Waals surface area contributed by atoms with Crippen LogP contribution in [-0.2, 0) is 19.1 Å². The maximum Gasteiger partial charge on any atom is 0.407 e. The Labute approximate surface area is 250 Å². The van der Waals surface area contributed by atoms with Crippen molar-refractivity contribution in [3.8, 4) is 0 Å². The monoisotopic (exact) mass is 616 g/mol. The molecule has 2 aromatic rings. The lowest BCUT2D eigenvalue weighted by atomic mass is 9.89. The minimum atomic E-state index is -1.19. The van der Waals surface area contributed by atoms with E-state index in [2.05, 4.69) is 31.3 Å². The van der Waals surface area contributed by atoms with Gasteiger partial charge in [-0.1, -0.05) is 11.1 Å². The molecule has 0 bridgehead atoms. The molecule has 2 aromatic heterocycles. The molecule has 42 heavy (non-hydrogen) atoms. The van der Waals surface area contributed by atoms with Crippen molar-refractivity contribution < 1.29 is 29.0 Å². The average molecular weight is 617 g/mol. The summed E-state index contributed by atoms with van der Waals surface area (Å²) < 4.78 is 6.60. The summed E-state index contributed by atoms with van der Waals surface area (Å²) in [6.07, 6.45) is 3.04. The lowest BCUT2D eigenvalue weighted by molar-refractivity contribution is -0.150. The van der Waals surface area contributed by atoms with E-state index < -0.39 is 35.0 Å². The molecule has 14 nitrogen and oxygen atoms in total. The molecule has 0 radical (unpaired) electrons. The number of alkyl carbamates (subject to hydrolysis) is 1. The number of ether oxygens (including phenoxy) is 1. The van der Waals surface area contributed by atoms with Crippen molar-refractivity contribution in [2.24, 2.45) is 0 Å². The van der Waals surface area contributed by atoms with Gasteiger partial charge in [-0.15, -0.1) is 38.4 Å². The van der Waals surface area contributed by atoms with E-state index in [1.807, 2.05) is 0 Å². The Morgan fingerprint density at radius 1 is 1.17 bits per heavy atom. The average Bonchev–Trinajstić information content (AvgIpc) is 3.41. The molecular formula is C26H32N8O6S2. The maximum absolute atomic E-state index is 13.1. The first-order valence-electron chi connectivity index (χ1n) is 13.5. The SMILES string of the molecule is CC(C)(C)OC(=O)NCC1=C(CC(=O)NC2C(=O)N3C(C(=O)O)=C(CSc4ccc5nnnn5n4)CS[C@@H]23)CCCC1. The lowest BCUT2D eigenvalue weighted by Gasteiger charge is -2.49. The van der Waals surface area contributed by atoms with Crippen LogP contribution in [-0.4, -0.2) is 94.2 Å². The summed E-state index contributed by atoms with van der Waals surface area (Å²) in [5.41, 5.74) is 2.40. The number of hydrogen-bond acceptors (Lipinski definition) is 11. The summed E-state index contributed by atoms with van der Waals surface area (Å²) in [6.45, 7) is 5.68. The van der Waals surface area contributed by atoms with Gasteiger partial charge in [0.15, 0.2) is 5.65 Å². The van der Waals surface area contributed by atoms with Gasteiger partial charge in [-0.3, -0.25) is 14.5 Å². The first-order valence-corrected chi connectivity index (χ1v) is 15.6. The Kier molecular flexibility index (Phi) is 8.73. The van der Waals surface area contributed by atoms with E-state index in [4.69, 9.17) is 4.74 Å². The van der Waals surface area contributed by atoms with Crippen molar-refractivity contribution in [2.45, 2.75) is 74.9 Å². The molecule has 0 spiro atoms. The highest BCUT2D eigenvalue weighted by molar-refractivity contribution is 8.01. The van der Waals surface area contributed by atoms with Crippen LogP contribution in [0, 0.1) is 0 Å². The number of β-lactam (4-membered cyclic amide) rings is 1. The second-order valence-electron chi connectivity index (χ2n) is 11.1. The minimum absolute atomic E-state index is 0.0456. The summed E-state index contributed by atoms with van der Waals surface area (Å²) in [7, 11) is 0. The van der Waals surface area contributed by atoms with E-state index in [-0.39, 0.29) is 18.0 Å². The molecule has 4 heterocycles. The van der Waals surface area contributed by atoms with E-state index in [1.54, 1.807) is 32.9 Å². The zero-order valence-corrected chi connectivity index (χ0v) is 25.1. The van der Waals surface area contributed by atoms with Gasteiger partial charge in [0.25, 0.3) is 5.91 Å². The zero-order valence-electron chi connectivity index (χ0n) is 23.5. The number of thioether (sulfide) groups is 2. The van der Waals surface area contributed by atoms with Crippen molar-refractivity contribution >= 4 is 53.0 Å². The third-order valence-corrected chi connectivity index (χ3v) is 9.28. The van der Waals surface area contributed by atoms with Gasteiger partial charge in [0, 0.05) is 24.5 Å². The van der Waals surface area contributed by atoms with Crippen LogP contribution in [0.25, 0.3) is 5.65 Å². The normalized spacial score (nSPS) is 20.7. The maximum atomic E-state index is 13.1. The molecule has 2 aliphatic heterocycles. The van der Waals surface area contributed by atoms with Crippen molar-refractivity contribution in [3.05, 3.63) is 34.5 Å². The third-order valence-electron chi connectivity index (χ3n) is 6.93. The number of hydrogen-bond donors (Lipinski definition) is 3. The van der Waals surface area contributed by atoms with Gasteiger partial charge in [-0.25, -0.2) is 9.59 Å². The van der Waals surface area contributed by atoms with E-state index in [9.17, 15) is 24.3 Å². The Morgan fingerprint density at radius 2 is 1.93 bits per heavy atom. The number of amides is 3. The Morgan fingerprint density at radius 3 is 2.67 bits per heavy atom. The molecule has 1 saturated heterocycles. The number of carboxylic acids is 1. The molecule has 3 N–H and O–H groups in total. The predicted molar refractivity (Wildman–Crippen MR) is 153 cm³/mol. The fourth-order valence-corrected chi connectivity index (χ4v) is 7.37. The number of nitrogens with one attached hydrogen (secondary N) is 2. The molecule has 224 valence electrons. The third kappa shape index (κ3) is 6.69. The summed E-state index contributed by atoms with van der Waals surface area (Å²) in [4.78, 5) is 51.7. The Bertz CT molecular complexity index is 1480. The highest BCUT2D eigenvalue weighted by Gasteiger charge is 2.54. The molecule has 1 unspecified atom stereocenters. The molecule has 0 aromatic carbocycles. The number of fused-ring (bicyclic) bond motifs is 2. The van der Waals surface area contributed by atoms with E-state index in [1.165, 1.54) is 33.1 Å². The first kappa shape index (κ1) is 29.8. The van der Waals surface area contributed by atoms with Crippen molar-refractivity contribution in [1.82, 2.24) is 40.8 Å². The Hall–Kier alpha value is -3.66. The molecule has 1 aliphatic carbocycles. The van der Waals surface area contributed by atoms with Crippen LogP contribution in [0.4, 0.5) is 4.79 Å². The van der Waals surface area contributed by atoms with Crippen molar-refractivity contribution in [2.75, 3.05) is 18.1 Å². The molecule has 1 fully saturated rings. The smallest absolute Gasteiger partial charge is 0.407 e. The van der Waals surface area contributed by atoms with Gasteiger partial charge in [-0.05, 0) is 74.6 Å². The van der Waals surface area contributed by atoms with Crippen LogP contribution in [0.5, 0.6) is 0 Å². The summed E-state index contributed by atoms with van der Waals surface area (Å²) in [5.74, 6) is -1.22. The number of aliphatic carboxylic acids is 1.